The lowest BCUT2D eigenvalue weighted by Crippen LogP contribution is -2.52. The Kier molecular flexibility index (Phi) is 9.53. The van der Waals surface area contributed by atoms with Crippen molar-refractivity contribution in [3.05, 3.63) is 53.6 Å². The van der Waals surface area contributed by atoms with Crippen LogP contribution >= 0.6 is 0 Å². The van der Waals surface area contributed by atoms with Gasteiger partial charge in [-0.15, -0.1) is 5.10 Å². The number of nitrogens with one attached hydrogen (secondary N) is 5. The molecule has 1 heterocycles. The molecule has 0 saturated heterocycles. The first-order valence-electron chi connectivity index (χ1n) is 11.8. The van der Waals surface area contributed by atoms with Gasteiger partial charge in [-0.2, -0.15) is 0 Å². The third kappa shape index (κ3) is 8.02. The first kappa shape index (κ1) is 27.1. The first-order chi connectivity index (χ1) is 17.8. The van der Waals surface area contributed by atoms with Crippen molar-refractivity contribution in [2.45, 2.75) is 39.3 Å². The number of carbonyl (C=O) groups excluding carboxylic acids is 2. The van der Waals surface area contributed by atoms with Gasteiger partial charge < -0.3 is 20.1 Å². The Hall–Kier alpha value is -4.48. The first-order valence-corrected chi connectivity index (χ1v) is 11.8. The van der Waals surface area contributed by atoms with Gasteiger partial charge in [0.15, 0.2) is 23.3 Å². The van der Waals surface area contributed by atoms with Crippen molar-refractivity contribution < 1.29 is 19.1 Å². The Morgan fingerprint density at radius 1 is 1.03 bits per heavy atom. The number of tetrazole rings is 1. The third-order valence-corrected chi connectivity index (χ3v) is 5.46. The molecule has 2 aromatic carbocycles. The van der Waals surface area contributed by atoms with Crippen molar-refractivity contribution in [3.8, 4) is 22.9 Å². The van der Waals surface area contributed by atoms with Crippen LogP contribution in [-0.4, -0.2) is 58.7 Å². The quantitative estimate of drug-likeness (QED) is 0.193. The second-order valence-electron chi connectivity index (χ2n) is 8.78. The topological polar surface area (TPSA) is 167 Å². The molecule has 12 heteroatoms. The number of aromatic nitrogens is 4. The highest BCUT2D eigenvalue weighted by Crippen LogP contribution is 2.27. The molecule has 1 atom stereocenters. The lowest BCUT2D eigenvalue weighted by molar-refractivity contribution is -0.123. The number of hydrogen-bond acceptors (Lipinski definition) is 8. The number of H-pyrrole nitrogens is 1. The van der Waals surface area contributed by atoms with E-state index in [-0.39, 0.29) is 24.2 Å². The molecule has 0 saturated carbocycles. The van der Waals surface area contributed by atoms with E-state index in [2.05, 4.69) is 36.6 Å². The predicted molar refractivity (Wildman–Crippen MR) is 137 cm³/mol. The number of nitrogens with zero attached hydrogens (tertiary/aromatic N) is 3. The molecule has 0 aliphatic carbocycles. The van der Waals surface area contributed by atoms with Gasteiger partial charge in [-0.05, 0) is 46.0 Å². The van der Waals surface area contributed by atoms with E-state index in [1.807, 2.05) is 38.1 Å². The van der Waals surface area contributed by atoms with Crippen molar-refractivity contribution in [2.24, 2.45) is 5.92 Å². The molecule has 3 aromatic rings. The fraction of sp³-hybridized carbons (Fsp3) is 0.360. The summed E-state index contributed by atoms with van der Waals surface area (Å²) >= 11 is 0. The van der Waals surface area contributed by atoms with Crippen molar-refractivity contribution in [1.82, 2.24) is 36.6 Å². The maximum Gasteiger partial charge on any atom is 0.242 e. The monoisotopic (exact) mass is 508 g/mol. The number of aromatic amines is 1. The maximum atomic E-state index is 12.9. The van der Waals surface area contributed by atoms with Crippen LogP contribution in [0.5, 0.6) is 11.5 Å². The number of hydrogen-bond donors (Lipinski definition) is 5. The Morgan fingerprint density at radius 2 is 1.73 bits per heavy atom. The number of rotatable bonds is 11. The molecule has 37 heavy (non-hydrogen) atoms. The number of guanidine groups is 1. The van der Waals surface area contributed by atoms with Gasteiger partial charge in [-0.1, -0.05) is 44.2 Å². The van der Waals surface area contributed by atoms with Crippen LogP contribution in [-0.2, 0) is 22.6 Å². The Bertz CT molecular complexity index is 1200. The summed E-state index contributed by atoms with van der Waals surface area (Å²) in [6.45, 7) is 4.28. The molecular weight excluding hydrogens is 476 g/mol. The average molecular weight is 509 g/mol. The fourth-order valence-electron chi connectivity index (χ4n) is 3.65. The highest BCUT2D eigenvalue weighted by molar-refractivity contribution is 5.98. The number of benzene rings is 2. The zero-order valence-electron chi connectivity index (χ0n) is 21.3. The zero-order chi connectivity index (χ0) is 26.8. The largest absolute Gasteiger partial charge is 0.493 e. The van der Waals surface area contributed by atoms with Crippen LogP contribution in [0.2, 0.25) is 0 Å². The van der Waals surface area contributed by atoms with Crippen LogP contribution in [0.1, 0.15) is 31.4 Å². The summed E-state index contributed by atoms with van der Waals surface area (Å²) in [6.07, 6.45) is 0.517. The number of methoxy groups -OCH3 is 2. The van der Waals surface area contributed by atoms with Crippen LogP contribution in [0.4, 0.5) is 0 Å². The van der Waals surface area contributed by atoms with E-state index in [0.29, 0.717) is 35.9 Å². The summed E-state index contributed by atoms with van der Waals surface area (Å²) < 4.78 is 10.5. The minimum atomic E-state index is -0.687. The standard InChI is InChI=1S/C25H32N8O4/c1-15(2)11-19(24(35)27-14-16-5-8-18(9-6-16)23-30-32-33-31-23)28-25(26)29-22(34)13-17-7-10-20(36-3)21(12-17)37-4/h5-10,12,15,19H,11,13-14H2,1-4H3,(H,27,35)(H3,26,28,29,34)(H,30,31,32,33)/t19-/m1/s1. The van der Waals surface area contributed by atoms with Gasteiger partial charge in [0.25, 0.3) is 0 Å². The summed E-state index contributed by atoms with van der Waals surface area (Å²) in [6, 6.07) is 12.0. The minimum absolute atomic E-state index is 0.0333. The van der Waals surface area contributed by atoms with E-state index in [1.165, 1.54) is 14.2 Å². The van der Waals surface area contributed by atoms with Crippen LogP contribution in [0.3, 0.4) is 0 Å². The molecular formula is C25H32N8O4. The Labute approximate surface area is 215 Å². The second-order valence-corrected chi connectivity index (χ2v) is 8.78. The van der Waals surface area contributed by atoms with E-state index in [4.69, 9.17) is 14.9 Å². The van der Waals surface area contributed by atoms with Crippen molar-refractivity contribution in [1.29, 1.82) is 5.41 Å². The molecule has 3 rings (SSSR count). The molecule has 0 spiro atoms. The van der Waals surface area contributed by atoms with E-state index in [0.717, 1.165) is 11.1 Å². The highest BCUT2D eigenvalue weighted by Gasteiger charge is 2.21. The molecule has 5 N–H and O–H groups in total. The summed E-state index contributed by atoms with van der Waals surface area (Å²) in [5.41, 5.74) is 2.42. The molecule has 0 aliphatic rings. The zero-order valence-corrected chi connectivity index (χ0v) is 21.3. The number of ether oxygens (including phenoxy) is 2. The lowest BCUT2D eigenvalue weighted by Gasteiger charge is -2.21. The summed E-state index contributed by atoms with van der Waals surface area (Å²) in [5, 5.41) is 30.1. The average Bonchev–Trinajstić information content (AvgIpc) is 3.41. The summed E-state index contributed by atoms with van der Waals surface area (Å²) in [7, 11) is 3.06. The molecule has 12 nitrogen and oxygen atoms in total. The van der Waals surface area contributed by atoms with Gasteiger partial charge in [0, 0.05) is 12.1 Å². The van der Waals surface area contributed by atoms with Crippen molar-refractivity contribution in [2.75, 3.05) is 14.2 Å². The van der Waals surface area contributed by atoms with E-state index >= 15 is 0 Å². The van der Waals surface area contributed by atoms with Gasteiger partial charge >= 0.3 is 0 Å². The van der Waals surface area contributed by atoms with Gasteiger partial charge in [0.05, 0.1) is 20.6 Å². The van der Waals surface area contributed by atoms with Crippen molar-refractivity contribution >= 4 is 17.8 Å². The van der Waals surface area contributed by atoms with E-state index in [1.54, 1.807) is 18.2 Å². The normalized spacial score (nSPS) is 11.5. The smallest absolute Gasteiger partial charge is 0.242 e. The fourth-order valence-corrected chi connectivity index (χ4v) is 3.65. The summed E-state index contributed by atoms with van der Waals surface area (Å²) in [5.74, 6) is 0.922. The van der Waals surface area contributed by atoms with Crippen LogP contribution in [0.25, 0.3) is 11.4 Å². The van der Waals surface area contributed by atoms with E-state index in [9.17, 15) is 9.59 Å². The van der Waals surface area contributed by atoms with Crippen LogP contribution < -0.4 is 25.4 Å². The predicted octanol–water partition coefficient (Wildman–Crippen LogP) is 1.80. The van der Waals surface area contributed by atoms with E-state index < -0.39 is 11.9 Å². The molecule has 0 radical (unpaired) electrons. The number of carbonyl (C=O) groups is 2. The highest BCUT2D eigenvalue weighted by atomic mass is 16.5. The molecule has 1 aromatic heterocycles. The summed E-state index contributed by atoms with van der Waals surface area (Å²) in [4.78, 5) is 25.4. The molecule has 2 amide bonds. The SMILES string of the molecule is COc1ccc(CC(=O)NC(=N)N[C@H](CC(C)C)C(=O)NCc2ccc(-c3nnn[nH]3)cc2)cc1OC. The van der Waals surface area contributed by atoms with Gasteiger partial charge in [0.2, 0.25) is 11.8 Å². The third-order valence-electron chi connectivity index (χ3n) is 5.46. The van der Waals surface area contributed by atoms with Crippen LogP contribution in [0, 0.1) is 11.3 Å². The molecule has 0 fully saturated rings. The Morgan fingerprint density at radius 3 is 2.35 bits per heavy atom. The molecule has 0 aliphatic heterocycles. The molecule has 0 bridgehead atoms. The number of amides is 2. The van der Waals surface area contributed by atoms with Crippen LogP contribution in [0.15, 0.2) is 42.5 Å². The maximum absolute atomic E-state index is 12.9. The molecule has 196 valence electrons. The van der Waals surface area contributed by atoms with Gasteiger partial charge in [-0.25, -0.2) is 5.10 Å². The van der Waals surface area contributed by atoms with Crippen molar-refractivity contribution in [3.63, 3.8) is 0 Å². The molecule has 0 unspecified atom stereocenters. The lowest BCUT2D eigenvalue weighted by atomic mass is 10.0. The van der Waals surface area contributed by atoms with Gasteiger partial charge in [-0.3, -0.25) is 20.3 Å². The Balaban J connectivity index is 1.53. The van der Waals surface area contributed by atoms with Gasteiger partial charge in [0.1, 0.15) is 6.04 Å². The minimum Gasteiger partial charge on any atom is -0.493 e. The second kappa shape index (κ2) is 13.0.